The molecule has 2 aliphatic rings. The van der Waals surface area contributed by atoms with Gasteiger partial charge >= 0.3 is 0 Å². The van der Waals surface area contributed by atoms with Crippen LogP contribution in [-0.2, 0) is 23.2 Å². The van der Waals surface area contributed by atoms with Crippen LogP contribution in [0.1, 0.15) is 30.4 Å². The fraction of sp³-hybridized carbons (Fsp3) is 0.571. The third-order valence-electron chi connectivity index (χ3n) is 4.39. The van der Waals surface area contributed by atoms with E-state index < -0.39 is 15.7 Å². The molecule has 0 saturated heterocycles. The van der Waals surface area contributed by atoms with Crippen LogP contribution in [0.4, 0.5) is 0 Å². The van der Waals surface area contributed by atoms with Crippen LogP contribution in [0.5, 0.6) is 0 Å². The molecule has 0 bridgehead atoms. The first-order valence-corrected chi connectivity index (χ1v) is 8.45. The summed E-state index contributed by atoms with van der Waals surface area (Å²) in [5.74, 6) is 0. The number of aliphatic hydroxyl groups excluding tert-OH is 1. The van der Waals surface area contributed by atoms with E-state index in [4.69, 9.17) is 0 Å². The van der Waals surface area contributed by atoms with Crippen LogP contribution in [0.2, 0.25) is 0 Å². The Morgan fingerprint density at radius 3 is 2.55 bits per heavy atom. The molecule has 0 atom stereocenters. The number of nitrogens with zero attached hydrogens (tertiary/aromatic N) is 1. The smallest absolute Gasteiger partial charge is 0.280 e. The van der Waals surface area contributed by atoms with Crippen LogP contribution in [0.3, 0.4) is 0 Å². The van der Waals surface area contributed by atoms with Crippen LogP contribution >= 0.6 is 0 Å². The summed E-state index contributed by atoms with van der Waals surface area (Å²) in [5.41, 5.74) is 1.66. The molecule has 1 aliphatic heterocycles. The maximum absolute atomic E-state index is 12.5. The zero-order chi connectivity index (χ0) is 14.2. The van der Waals surface area contributed by atoms with E-state index in [1.54, 1.807) is 0 Å². The summed E-state index contributed by atoms with van der Waals surface area (Å²) in [6.45, 7) is 0.775. The molecule has 20 heavy (non-hydrogen) atoms. The van der Waals surface area contributed by atoms with Crippen LogP contribution in [0.25, 0.3) is 0 Å². The zero-order valence-electron chi connectivity index (χ0n) is 11.4. The van der Waals surface area contributed by atoms with E-state index in [1.165, 1.54) is 9.87 Å². The Labute approximate surface area is 119 Å². The van der Waals surface area contributed by atoms with E-state index in [-0.39, 0.29) is 6.61 Å². The molecule has 0 radical (unpaired) electrons. The Morgan fingerprint density at radius 1 is 1.25 bits per heavy atom. The Morgan fingerprint density at radius 2 is 1.95 bits per heavy atom. The first kappa shape index (κ1) is 14.0. The predicted octanol–water partition coefficient (Wildman–Crippen LogP) is 0.794. The van der Waals surface area contributed by atoms with Crippen molar-refractivity contribution in [1.82, 2.24) is 9.03 Å². The van der Waals surface area contributed by atoms with Crippen LogP contribution in [0.15, 0.2) is 24.3 Å². The lowest BCUT2D eigenvalue weighted by atomic mass is 9.78. The fourth-order valence-electron chi connectivity index (χ4n) is 2.91. The van der Waals surface area contributed by atoms with Crippen molar-refractivity contribution in [2.75, 3.05) is 13.2 Å². The summed E-state index contributed by atoms with van der Waals surface area (Å²) in [7, 11) is -3.53. The van der Waals surface area contributed by atoms with Gasteiger partial charge in [-0.05, 0) is 36.8 Å². The summed E-state index contributed by atoms with van der Waals surface area (Å²) in [4.78, 5) is 0. The lowest BCUT2D eigenvalue weighted by molar-refractivity contribution is 0.108. The zero-order valence-corrected chi connectivity index (χ0v) is 12.2. The first-order valence-electron chi connectivity index (χ1n) is 7.01. The Hall–Kier alpha value is -0.950. The highest BCUT2D eigenvalue weighted by molar-refractivity contribution is 7.87. The van der Waals surface area contributed by atoms with Gasteiger partial charge in [-0.1, -0.05) is 24.3 Å². The van der Waals surface area contributed by atoms with Crippen molar-refractivity contribution in [1.29, 1.82) is 0 Å². The molecule has 1 aromatic rings. The number of hydrogen-bond acceptors (Lipinski definition) is 3. The minimum atomic E-state index is -3.53. The molecule has 1 saturated carbocycles. The highest BCUT2D eigenvalue weighted by atomic mass is 32.2. The monoisotopic (exact) mass is 296 g/mol. The second kappa shape index (κ2) is 5.11. The Bertz CT molecular complexity index is 591. The maximum atomic E-state index is 12.5. The van der Waals surface area contributed by atoms with E-state index in [9.17, 15) is 13.5 Å². The highest BCUT2D eigenvalue weighted by Crippen LogP contribution is 2.33. The predicted molar refractivity (Wildman–Crippen MR) is 76.3 cm³/mol. The van der Waals surface area contributed by atoms with E-state index in [0.29, 0.717) is 25.9 Å². The summed E-state index contributed by atoms with van der Waals surface area (Å²) in [5, 5.41) is 9.41. The van der Waals surface area contributed by atoms with E-state index in [1.807, 2.05) is 24.3 Å². The summed E-state index contributed by atoms with van der Waals surface area (Å²) in [6, 6.07) is 7.94. The van der Waals surface area contributed by atoms with Gasteiger partial charge in [0.2, 0.25) is 0 Å². The number of rotatable bonds is 4. The molecule has 6 heteroatoms. The first-order chi connectivity index (χ1) is 9.55. The van der Waals surface area contributed by atoms with Gasteiger partial charge in [0, 0.05) is 13.1 Å². The molecule has 1 aliphatic carbocycles. The normalized spacial score (nSPS) is 22.1. The van der Waals surface area contributed by atoms with Crippen molar-refractivity contribution in [2.45, 2.75) is 37.8 Å². The molecular formula is C14H20N2O3S. The number of hydrogen-bond donors (Lipinski definition) is 2. The second-order valence-corrected chi connectivity index (χ2v) is 7.42. The van der Waals surface area contributed by atoms with Crippen molar-refractivity contribution in [2.24, 2.45) is 0 Å². The number of aliphatic hydroxyl groups is 1. The van der Waals surface area contributed by atoms with Gasteiger partial charge in [-0.25, -0.2) is 0 Å². The molecule has 1 aromatic carbocycles. The Kier molecular flexibility index (Phi) is 3.58. The average molecular weight is 296 g/mol. The van der Waals surface area contributed by atoms with E-state index in [0.717, 1.165) is 18.4 Å². The van der Waals surface area contributed by atoms with Gasteiger partial charge in [-0.15, -0.1) is 0 Å². The largest absolute Gasteiger partial charge is 0.394 e. The summed E-state index contributed by atoms with van der Waals surface area (Å²) in [6.07, 6.45) is 3.13. The maximum Gasteiger partial charge on any atom is 0.280 e. The molecule has 0 unspecified atom stereocenters. The third-order valence-corrected chi connectivity index (χ3v) is 6.08. The molecule has 0 spiro atoms. The molecule has 3 rings (SSSR count). The fourth-order valence-corrected chi connectivity index (χ4v) is 4.49. The van der Waals surface area contributed by atoms with Crippen molar-refractivity contribution >= 4 is 10.2 Å². The van der Waals surface area contributed by atoms with Gasteiger partial charge in [0.25, 0.3) is 10.2 Å². The molecule has 0 aromatic heterocycles. The molecule has 0 amide bonds. The molecule has 1 fully saturated rings. The van der Waals surface area contributed by atoms with Crippen LogP contribution < -0.4 is 4.72 Å². The van der Waals surface area contributed by atoms with Crippen molar-refractivity contribution < 1.29 is 13.5 Å². The third kappa shape index (κ3) is 2.48. The minimum Gasteiger partial charge on any atom is -0.394 e. The average Bonchev–Trinajstić information content (AvgIpc) is 2.42. The molecule has 110 valence electrons. The van der Waals surface area contributed by atoms with Crippen molar-refractivity contribution in [3.8, 4) is 0 Å². The molecule has 5 nitrogen and oxygen atoms in total. The lowest BCUT2D eigenvalue weighted by Crippen LogP contribution is -2.59. The number of benzene rings is 1. The SMILES string of the molecule is O=S(=O)(NC1(CO)CCC1)N1CCc2ccccc2C1. The van der Waals surface area contributed by atoms with E-state index in [2.05, 4.69) is 4.72 Å². The topological polar surface area (TPSA) is 69.6 Å². The van der Waals surface area contributed by atoms with Gasteiger partial charge in [-0.3, -0.25) is 0 Å². The van der Waals surface area contributed by atoms with Crippen LogP contribution in [0, 0.1) is 0 Å². The molecule has 1 heterocycles. The minimum absolute atomic E-state index is 0.128. The second-order valence-electron chi connectivity index (χ2n) is 5.75. The Balaban J connectivity index is 1.76. The van der Waals surface area contributed by atoms with E-state index >= 15 is 0 Å². The molecule has 2 N–H and O–H groups in total. The van der Waals surface area contributed by atoms with Crippen LogP contribution in [-0.4, -0.2) is 36.5 Å². The highest BCUT2D eigenvalue weighted by Gasteiger charge is 2.41. The standard InChI is InChI=1S/C14H20N2O3S/c17-11-14(7-3-8-14)15-20(18,19)16-9-6-12-4-1-2-5-13(12)10-16/h1-2,4-5,15,17H,3,6-11H2. The van der Waals surface area contributed by atoms with Gasteiger partial charge in [0.15, 0.2) is 0 Å². The van der Waals surface area contributed by atoms with Gasteiger partial charge in [-0.2, -0.15) is 17.4 Å². The number of nitrogens with one attached hydrogen (secondary N) is 1. The van der Waals surface area contributed by atoms with Gasteiger partial charge in [0.05, 0.1) is 12.1 Å². The van der Waals surface area contributed by atoms with Crippen molar-refractivity contribution in [3.63, 3.8) is 0 Å². The van der Waals surface area contributed by atoms with Crippen molar-refractivity contribution in [3.05, 3.63) is 35.4 Å². The molecular weight excluding hydrogens is 276 g/mol. The summed E-state index contributed by atoms with van der Waals surface area (Å²) >= 11 is 0. The number of fused-ring (bicyclic) bond motifs is 1. The lowest BCUT2D eigenvalue weighted by Gasteiger charge is -2.42. The quantitative estimate of drug-likeness (QED) is 0.863. The van der Waals surface area contributed by atoms with Gasteiger partial charge in [0.1, 0.15) is 0 Å². The summed E-state index contributed by atoms with van der Waals surface area (Å²) < 4.78 is 29.1. The van der Waals surface area contributed by atoms with Gasteiger partial charge < -0.3 is 5.11 Å².